The van der Waals surface area contributed by atoms with Gasteiger partial charge in [0.25, 0.3) is 5.91 Å². The Labute approximate surface area is 159 Å². The molecule has 0 aromatic heterocycles. The van der Waals surface area contributed by atoms with Crippen molar-refractivity contribution in [3.05, 3.63) is 65.2 Å². The van der Waals surface area contributed by atoms with Crippen LogP contribution in [0.25, 0.3) is 0 Å². The largest absolute Gasteiger partial charge is 0.366 e. The highest BCUT2D eigenvalue weighted by Gasteiger charge is 2.15. The quantitative estimate of drug-likeness (QED) is 0.751. The molecule has 0 saturated carbocycles. The van der Waals surface area contributed by atoms with Gasteiger partial charge in [0.05, 0.1) is 0 Å². The van der Waals surface area contributed by atoms with E-state index in [0.29, 0.717) is 29.9 Å². The maximum Gasteiger partial charge on any atom is 0.253 e. The van der Waals surface area contributed by atoms with E-state index < -0.39 is 5.91 Å². The van der Waals surface area contributed by atoms with Gasteiger partial charge in [0.15, 0.2) is 0 Å². The number of benzene rings is 2. The van der Waals surface area contributed by atoms with E-state index in [9.17, 15) is 14.4 Å². The fourth-order valence-electron chi connectivity index (χ4n) is 2.65. The molecule has 0 unspecified atom stereocenters. The molecule has 6 nitrogen and oxygen atoms in total. The van der Waals surface area contributed by atoms with Crippen LogP contribution in [0.5, 0.6) is 0 Å². The van der Waals surface area contributed by atoms with Gasteiger partial charge < -0.3 is 16.0 Å². The fourth-order valence-corrected chi connectivity index (χ4v) is 2.65. The zero-order valence-electron chi connectivity index (χ0n) is 15.7. The van der Waals surface area contributed by atoms with E-state index >= 15 is 0 Å². The molecule has 142 valence electrons. The molecule has 0 radical (unpaired) electrons. The molecule has 0 aliphatic carbocycles. The molecule has 3 N–H and O–H groups in total. The highest BCUT2D eigenvalue weighted by atomic mass is 16.2. The Morgan fingerprint density at radius 3 is 2.04 bits per heavy atom. The molecule has 0 fully saturated rings. The standard InChI is InChI=1S/C21H25N3O3/c1-3-15-5-7-17(8-6-15)21(27)24(4-2)14-13-19(25)23-18-11-9-16(10-12-18)20(22)26/h5-12H,3-4,13-14H2,1-2H3,(H2,22,26)(H,23,25). The molecule has 0 atom stereocenters. The molecule has 2 aromatic carbocycles. The summed E-state index contributed by atoms with van der Waals surface area (Å²) >= 11 is 0. The van der Waals surface area contributed by atoms with Gasteiger partial charge in [0.1, 0.15) is 0 Å². The number of amides is 3. The molecule has 0 aliphatic rings. The number of nitrogens with two attached hydrogens (primary N) is 1. The van der Waals surface area contributed by atoms with Crippen LogP contribution in [0.1, 0.15) is 46.5 Å². The Bertz CT molecular complexity index is 798. The van der Waals surface area contributed by atoms with Gasteiger partial charge in [-0.2, -0.15) is 0 Å². The van der Waals surface area contributed by atoms with Crippen molar-refractivity contribution in [3.63, 3.8) is 0 Å². The number of hydrogen-bond acceptors (Lipinski definition) is 3. The van der Waals surface area contributed by atoms with Crippen LogP contribution < -0.4 is 11.1 Å². The fraction of sp³-hybridized carbons (Fsp3) is 0.286. The first-order valence-electron chi connectivity index (χ1n) is 9.02. The zero-order chi connectivity index (χ0) is 19.8. The second-order valence-electron chi connectivity index (χ2n) is 6.18. The van der Waals surface area contributed by atoms with Crippen LogP contribution in [0.4, 0.5) is 5.69 Å². The van der Waals surface area contributed by atoms with Crippen LogP contribution in [0, 0.1) is 0 Å². The number of primary amides is 1. The van der Waals surface area contributed by atoms with Crippen molar-refractivity contribution in [2.24, 2.45) is 5.73 Å². The number of hydrogen-bond donors (Lipinski definition) is 2. The Hall–Kier alpha value is -3.15. The van der Waals surface area contributed by atoms with E-state index in [2.05, 4.69) is 12.2 Å². The molecular weight excluding hydrogens is 342 g/mol. The van der Waals surface area contributed by atoms with Crippen molar-refractivity contribution in [3.8, 4) is 0 Å². The van der Waals surface area contributed by atoms with Crippen molar-refractivity contribution in [1.82, 2.24) is 4.90 Å². The molecule has 0 saturated heterocycles. The summed E-state index contributed by atoms with van der Waals surface area (Å²) in [6.07, 6.45) is 1.11. The summed E-state index contributed by atoms with van der Waals surface area (Å²) in [6, 6.07) is 13.9. The van der Waals surface area contributed by atoms with E-state index in [4.69, 9.17) is 5.73 Å². The Morgan fingerprint density at radius 2 is 1.52 bits per heavy atom. The summed E-state index contributed by atoms with van der Waals surface area (Å²) in [5, 5.41) is 2.75. The lowest BCUT2D eigenvalue weighted by Gasteiger charge is -2.21. The van der Waals surface area contributed by atoms with Crippen LogP contribution in [0.2, 0.25) is 0 Å². The summed E-state index contributed by atoms with van der Waals surface area (Å²) in [6.45, 7) is 4.80. The maximum atomic E-state index is 12.6. The van der Waals surface area contributed by atoms with Crippen LogP contribution >= 0.6 is 0 Å². The summed E-state index contributed by atoms with van der Waals surface area (Å²) in [7, 11) is 0. The molecule has 2 aromatic rings. The molecule has 0 bridgehead atoms. The number of nitrogens with zero attached hydrogens (tertiary/aromatic N) is 1. The Morgan fingerprint density at radius 1 is 0.926 bits per heavy atom. The highest BCUT2D eigenvalue weighted by Crippen LogP contribution is 2.11. The predicted molar refractivity (Wildman–Crippen MR) is 106 cm³/mol. The lowest BCUT2D eigenvalue weighted by atomic mass is 10.1. The van der Waals surface area contributed by atoms with Gasteiger partial charge in [-0.3, -0.25) is 14.4 Å². The summed E-state index contributed by atoms with van der Waals surface area (Å²) in [4.78, 5) is 37.5. The minimum Gasteiger partial charge on any atom is -0.366 e. The van der Waals surface area contributed by atoms with Crippen molar-refractivity contribution in [1.29, 1.82) is 0 Å². The first-order chi connectivity index (χ1) is 12.9. The van der Waals surface area contributed by atoms with Crippen LogP contribution in [0.15, 0.2) is 48.5 Å². The maximum absolute atomic E-state index is 12.6. The number of carbonyl (C=O) groups excluding carboxylic acids is 3. The smallest absolute Gasteiger partial charge is 0.253 e. The minimum atomic E-state index is -0.517. The number of aryl methyl sites for hydroxylation is 1. The van der Waals surface area contributed by atoms with Crippen molar-refractivity contribution in [2.75, 3.05) is 18.4 Å². The number of anilines is 1. The normalized spacial score (nSPS) is 10.3. The molecule has 3 amide bonds. The lowest BCUT2D eigenvalue weighted by molar-refractivity contribution is -0.116. The van der Waals surface area contributed by atoms with E-state index in [1.807, 2.05) is 31.2 Å². The van der Waals surface area contributed by atoms with Crippen molar-refractivity contribution < 1.29 is 14.4 Å². The molecule has 6 heteroatoms. The topological polar surface area (TPSA) is 92.5 Å². The van der Waals surface area contributed by atoms with Crippen LogP contribution in [0.3, 0.4) is 0 Å². The zero-order valence-corrected chi connectivity index (χ0v) is 15.7. The van der Waals surface area contributed by atoms with Gasteiger partial charge in [-0.05, 0) is 55.3 Å². The second kappa shape index (κ2) is 9.52. The van der Waals surface area contributed by atoms with Crippen molar-refractivity contribution >= 4 is 23.4 Å². The van der Waals surface area contributed by atoms with Gasteiger partial charge in [-0.25, -0.2) is 0 Å². The van der Waals surface area contributed by atoms with Gasteiger partial charge in [0, 0.05) is 36.3 Å². The van der Waals surface area contributed by atoms with Gasteiger partial charge >= 0.3 is 0 Å². The van der Waals surface area contributed by atoms with E-state index in [0.717, 1.165) is 6.42 Å². The summed E-state index contributed by atoms with van der Waals surface area (Å²) in [5.41, 5.74) is 7.95. The predicted octanol–water partition coefficient (Wildman–Crippen LogP) is 2.84. The summed E-state index contributed by atoms with van der Waals surface area (Å²) in [5.74, 6) is -0.801. The first kappa shape index (κ1) is 20.2. The Balaban J connectivity index is 1.90. The third-order valence-corrected chi connectivity index (χ3v) is 4.34. The molecule has 0 spiro atoms. The van der Waals surface area contributed by atoms with Crippen LogP contribution in [-0.2, 0) is 11.2 Å². The number of rotatable bonds is 8. The monoisotopic (exact) mass is 367 g/mol. The highest BCUT2D eigenvalue weighted by molar-refractivity contribution is 5.96. The lowest BCUT2D eigenvalue weighted by Crippen LogP contribution is -2.33. The van der Waals surface area contributed by atoms with Crippen molar-refractivity contribution in [2.45, 2.75) is 26.7 Å². The molecular formula is C21H25N3O3. The number of nitrogens with one attached hydrogen (secondary N) is 1. The third kappa shape index (κ3) is 5.67. The third-order valence-electron chi connectivity index (χ3n) is 4.34. The average Bonchev–Trinajstić information content (AvgIpc) is 2.68. The SMILES string of the molecule is CCc1ccc(C(=O)N(CC)CCC(=O)Nc2ccc(C(N)=O)cc2)cc1. The average molecular weight is 367 g/mol. The van der Waals surface area contributed by atoms with E-state index in [1.165, 1.54) is 5.56 Å². The molecule has 27 heavy (non-hydrogen) atoms. The van der Waals surface area contributed by atoms with E-state index in [1.54, 1.807) is 29.2 Å². The molecule has 0 heterocycles. The van der Waals surface area contributed by atoms with Gasteiger partial charge in [-0.15, -0.1) is 0 Å². The van der Waals surface area contributed by atoms with Gasteiger partial charge in [-0.1, -0.05) is 19.1 Å². The molecule has 0 aliphatic heterocycles. The number of carbonyl (C=O) groups is 3. The second-order valence-corrected chi connectivity index (χ2v) is 6.18. The Kier molecular flexibility index (Phi) is 7.11. The summed E-state index contributed by atoms with van der Waals surface area (Å²) < 4.78 is 0. The van der Waals surface area contributed by atoms with E-state index in [-0.39, 0.29) is 18.2 Å². The minimum absolute atomic E-state index is 0.0845. The first-order valence-corrected chi connectivity index (χ1v) is 9.02. The molecule has 2 rings (SSSR count). The van der Waals surface area contributed by atoms with Crippen LogP contribution in [-0.4, -0.2) is 35.7 Å². The van der Waals surface area contributed by atoms with Gasteiger partial charge in [0.2, 0.25) is 11.8 Å².